The summed E-state index contributed by atoms with van der Waals surface area (Å²) in [5.41, 5.74) is 4.35. The molecule has 0 radical (unpaired) electrons. The maximum atomic E-state index is 12.8. The molecular weight excluding hydrogens is 442 g/mol. The number of rotatable bonds is 9. The van der Waals surface area contributed by atoms with Gasteiger partial charge < -0.3 is 9.80 Å². The highest BCUT2D eigenvalue weighted by atomic mass is 16.2. The first-order chi connectivity index (χ1) is 17.6. The van der Waals surface area contributed by atoms with E-state index in [1.54, 1.807) is 0 Å². The van der Waals surface area contributed by atoms with Gasteiger partial charge in [-0.2, -0.15) is 0 Å². The lowest BCUT2D eigenvalue weighted by Crippen LogP contribution is -2.48. The number of hydrogen-bond donors (Lipinski definition) is 0. The molecule has 4 nitrogen and oxygen atoms in total. The SMILES string of the molecule is CCN(CC)C(=O)c1ccc(N(c2ccccc2)[C@H]2CCN(C/C=C/c3ccccc3)C[C@H]2C)cc1. The zero-order valence-electron chi connectivity index (χ0n) is 21.9. The van der Waals surface area contributed by atoms with Gasteiger partial charge in [-0.15, -0.1) is 0 Å². The molecule has 1 amide bonds. The summed E-state index contributed by atoms with van der Waals surface area (Å²) in [7, 11) is 0. The van der Waals surface area contributed by atoms with Gasteiger partial charge in [0.25, 0.3) is 5.91 Å². The summed E-state index contributed by atoms with van der Waals surface area (Å²) in [5.74, 6) is 0.601. The highest BCUT2D eigenvalue weighted by Gasteiger charge is 2.31. The summed E-state index contributed by atoms with van der Waals surface area (Å²) in [5, 5.41) is 0. The van der Waals surface area contributed by atoms with E-state index in [0.717, 1.165) is 50.4 Å². The van der Waals surface area contributed by atoms with Crippen molar-refractivity contribution in [3.05, 3.63) is 102 Å². The van der Waals surface area contributed by atoms with Crippen molar-refractivity contribution in [3.63, 3.8) is 0 Å². The van der Waals surface area contributed by atoms with E-state index in [9.17, 15) is 4.79 Å². The van der Waals surface area contributed by atoms with Crippen LogP contribution in [0, 0.1) is 5.92 Å². The third-order valence-electron chi connectivity index (χ3n) is 7.23. The van der Waals surface area contributed by atoms with Crippen molar-refractivity contribution in [2.75, 3.05) is 37.6 Å². The Kier molecular flexibility index (Phi) is 8.96. The van der Waals surface area contributed by atoms with Crippen LogP contribution in [0.2, 0.25) is 0 Å². The number of carbonyl (C=O) groups is 1. The van der Waals surface area contributed by atoms with Crippen LogP contribution in [0.4, 0.5) is 11.4 Å². The highest BCUT2D eigenvalue weighted by Crippen LogP contribution is 2.34. The van der Waals surface area contributed by atoms with E-state index < -0.39 is 0 Å². The molecule has 0 aromatic heterocycles. The average molecular weight is 482 g/mol. The molecule has 1 aliphatic rings. The van der Waals surface area contributed by atoms with Crippen molar-refractivity contribution >= 4 is 23.4 Å². The lowest BCUT2D eigenvalue weighted by Gasteiger charge is -2.43. The number of likely N-dealkylation sites (tertiary alicyclic amines) is 1. The smallest absolute Gasteiger partial charge is 0.253 e. The molecule has 0 N–H and O–H groups in total. The minimum atomic E-state index is 0.100. The first kappa shape index (κ1) is 25.7. The summed E-state index contributed by atoms with van der Waals surface area (Å²) in [6, 6.07) is 29.8. The van der Waals surface area contributed by atoms with Crippen LogP contribution in [0.3, 0.4) is 0 Å². The zero-order chi connectivity index (χ0) is 25.3. The molecule has 188 valence electrons. The molecule has 4 heteroatoms. The summed E-state index contributed by atoms with van der Waals surface area (Å²) < 4.78 is 0. The Morgan fingerprint density at radius 1 is 0.889 bits per heavy atom. The molecule has 0 spiro atoms. The number of piperidine rings is 1. The summed E-state index contributed by atoms with van der Waals surface area (Å²) in [4.78, 5) is 19.7. The first-order valence-corrected chi connectivity index (χ1v) is 13.3. The highest BCUT2D eigenvalue weighted by molar-refractivity contribution is 5.94. The van der Waals surface area contributed by atoms with Gasteiger partial charge in [-0.1, -0.05) is 67.6 Å². The predicted molar refractivity (Wildman–Crippen MR) is 152 cm³/mol. The topological polar surface area (TPSA) is 26.8 Å². The molecular formula is C32H39N3O. The van der Waals surface area contributed by atoms with Crippen LogP contribution in [0.5, 0.6) is 0 Å². The van der Waals surface area contributed by atoms with Crippen LogP contribution in [0.1, 0.15) is 43.1 Å². The van der Waals surface area contributed by atoms with Gasteiger partial charge >= 0.3 is 0 Å². The quantitative estimate of drug-likeness (QED) is 0.339. The van der Waals surface area contributed by atoms with E-state index in [1.165, 1.54) is 11.3 Å². The van der Waals surface area contributed by atoms with Crippen molar-refractivity contribution < 1.29 is 4.79 Å². The van der Waals surface area contributed by atoms with Gasteiger partial charge in [0.05, 0.1) is 0 Å². The third kappa shape index (κ3) is 6.24. The molecule has 0 bridgehead atoms. The summed E-state index contributed by atoms with van der Waals surface area (Å²) in [6.07, 6.45) is 5.59. The Hall–Kier alpha value is -3.37. The van der Waals surface area contributed by atoms with Gasteiger partial charge in [0.2, 0.25) is 0 Å². The standard InChI is InChI=1S/C32H39N3O/c1-4-34(5-2)32(36)28-18-20-30(21-19-28)35(29-16-10-7-11-17-29)31-22-24-33(25-26(31)3)23-12-15-27-13-8-6-9-14-27/h6-21,26,31H,4-5,22-25H2,1-3H3/b15-12+/t26-,31+/m1/s1. The molecule has 3 aromatic carbocycles. The lowest BCUT2D eigenvalue weighted by molar-refractivity contribution is 0.0773. The second kappa shape index (κ2) is 12.5. The van der Waals surface area contributed by atoms with Crippen LogP contribution in [-0.4, -0.2) is 54.5 Å². The molecule has 3 aromatic rings. The summed E-state index contributed by atoms with van der Waals surface area (Å²) >= 11 is 0. The van der Waals surface area contributed by atoms with E-state index in [0.29, 0.717) is 12.0 Å². The van der Waals surface area contributed by atoms with Gasteiger partial charge in [0.1, 0.15) is 0 Å². The van der Waals surface area contributed by atoms with Crippen LogP contribution in [0.15, 0.2) is 91.0 Å². The number of nitrogens with zero attached hydrogens (tertiary/aromatic N) is 3. The Bertz CT molecular complexity index is 1110. The van der Waals surface area contributed by atoms with Crippen molar-refractivity contribution in [1.82, 2.24) is 9.80 Å². The normalized spacial score (nSPS) is 18.3. The minimum absolute atomic E-state index is 0.100. The van der Waals surface area contributed by atoms with Crippen LogP contribution < -0.4 is 4.90 Å². The number of benzene rings is 3. The maximum absolute atomic E-state index is 12.8. The number of anilines is 2. The van der Waals surface area contributed by atoms with Gasteiger partial charge in [-0.05, 0) is 68.1 Å². The predicted octanol–water partition coefficient (Wildman–Crippen LogP) is 6.73. The van der Waals surface area contributed by atoms with Crippen LogP contribution in [-0.2, 0) is 0 Å². The number of amides is 1. The molecule has 1 aliphatic heterocycles. The van der Waals surface area contributed by atoms with Crippen molar-refractivity contribution in [3.8, 4) is 0 Å². The molecule has 0 saturated carbocycles. The molecule has 1 saturated heterocycles. The molecule has 1 fully saturated rings. The molecule has 2 atom stereocenters. The number of carbonyl (C=O) groups excluding carboxylic acids is 1. The maximum Gasteiger partial charge on any atom is 0.253 e. The lowest BCUT2D eigenvalue weighted by atomic mass is 9.91. The van der Waals surface area contributed by atoms with Crippen LogP contribution in [0.25, 0.3) is 6.08 Å². The molecule has 4 rings (SSSR count). The van der Waals surface area contributed by atoms with E-state index in [-0.39, 0.29) is 5.91 Å². The van der Waals surface area contributed by atoms with Gasteiger partial charge in [-0.25, -0.2) is 0 Å². The monoisotopic (exact) mass is 481 g/mol. The fourth-order valence-corrected chi connectivity index (χ4v) is 5.25. The fraction of sp³-hybridized carbons (Fsp3) is 0.344. The first-order valence-electron chi connectivity index (χ1n) is 13.3. The second-order valence-electron chi connectivity index (χ2n) is 9.64. The molecule has 1 heterocycles. The Morgan fingerprint density at radius 2 is 1.50 bits per heavy atom. The van der Waals surface area contributed by atoms with Crippen molar-refractivity contribution in [2.24, 2.45) is 5.92 Å². The average Bonchev–Trinajstić information content (AvgIpc) is 2.92. The zero-order valence-corrected chi connectivity index (χ0v) is 21.9. The van der Waals surface area contributed by atoms with E-state index in [2.05, 4.69) is 102 Å². The largest absolute Gasteiger partial charge is 0.339 e. The van der Waals surface area contributed by atoms with Gasteiger partial charge in [0.15, 0.2) is 0 Å². The van der Waals surface area contributed by atoms with Gasteiger partial charge in [0, 0.05) is 55.7 Å². The van der Waals surface area contributed by atoms with E-state index in [1.807, 2.05) is 30.9 Å². The molecule has 0 unspecified atom stereocenters. The Morgan fingerprint density at radius 3 is 2.11 bits per heavy atom. The van der Waals surface area contributed by atoms with Crippen molar-refractivity contribution in [1.29, 1.82) is 0 Å². The molecule has 36 heavy (non-hydrogen) atoms. The fourth-order valence-electron chi connectivity index (χ4n) is 5.25. The van der Waals surface area contributed by atoms with Crippen LogP contribution >= 0.6 is 0 Å². The minimum Gasteiger partial charge on any atom is -0.339 e. The van der Waals surface area contributed by atoms with Crippen molar-refractivity contribution in [2.45, 2.75) is 33.2 Å². The molecule has 0 aliphatic carbocycles. The van der Waals surface area contributed by atoms with E-state index in [4.69, 9.17) is 0 Å². The Labute approximate surface area is 216 Å². The van der Waals surface area contributed by atoms with E-state index >= 15 is 0 Å². The number of hydrogen-bond acceptors (Lipinski definition) is 3. The second-order valence-corrected chi connectivity index (χ2v) is 9.64. The van der Waals surface area contributed by atoms with Gasteiger partial charge in [-0.3, -0.25) is 9.69 Å². The number of para-hydroxylation sites is 1. The third-order valence-corrected chi connectivity index (χ3v) is 7.23. The Balaban J connectivity index is 1.49. The summed E-state index contributed by atoms with van der Waals surface area (Å²) in [6.45, 7) is 11.0.